The first-order valence-corrected chi connectivity index (χ1v) is 11.2. The SMILES string of the molecule is COC(=O)c1c(C(=O)c2ccccc2)c(O)c(O)c(OC(=O)c2ccccc2)c1C(=O)c1ccc(O)cc1. The van der Waals surface area contributed by atoms with Gasteiger partial charge in [-0.1, -0.05) is 48.5 Å². The van der Waals surface area contributed by atoms with Crippen LogP contribution in [0.25, 0.3) is 0 Å². The van der Waals surface area contributed by atoms with Crippen LogP contribution in [0, 0.1) is 0 Å². The predicted octanol–water partition coefficient (Wildman–Crippen LogP) is 4.27. The number of ketones is 2. The molecule has 9 heteroatoms. The van der Waals surface area contributed by atoms with Gasteiger partial charge in [0.05, 0.1) is 29.4 Å². The zero-order valence-electron chi connectivity index (χ0n) is 19.9. The normalized spacial score (nSPS) is 10.4. The van der Waals surface area contributed by atoms with Gasteiger partial charge in [0, 0.05) is 11.1 Å². The molecule has 0 spiro atoms. The molecule has 0 fully saturated rings. The number of benzene rings is 4. The average molecular weight is 512 g/mol. The Labute approximate surface area is 216 Å². The third kappa shape index (κ3) is 4.80. The number of phenolic OH excluding ortho intramolecular Hbond substituents is 3. The summed E-state index contributed by atoms with van der Waals surface area (Å²) in [5.41, 5.74) is -2.15. The summed E-state index contributed by atoms with van der Waals surface area (Å²) in [6.45, 7) is 0. The molecular formula is C29H20O9. The van der Waals surface area contributed by atoms with Gasteiger partial charge in [-0.05, 0) is 36.4 Å². The highest BCUT2D eigenvalue weighted by Gasteiger charge is 2.37. The van der Waals surface area contributed by atoms with Gasteiger partial charge in [0.25, 0.3) is 0 Å². The van der Waals surface area contributed by atoms with Crippen molar-refractivity contribution in [2.75, 3.05) is 7.11 Å². The number of hydrogen-bond donors (Lipinski definition) is 3. The maximum atomic E-state index is 13.7. The molecule has 0 saturated heterocycles. The van der Waals surface area contributed by atoms with E-state index < -0.39 is 57.4 Å². The van der Waals surface area contributed by atoms with E-state index >= 15 is 0 Å². The lowest BCUT2D eigenvalue weighted by molar-refractivity contribution is 0.0589. The first-order valence-electron chi connectivity index (χ1n) is 11.2. The Bertz CT molecular complexity index is 1540. The molecule has 4 aromatic rings. The molecule has 4 aromatic carbocycles. The molecule has 0 aliphatic heterocycles. The summed E-state index contributed by atoms with van der Waals surface area (Å²) in [6.07, 6.45) is 0. The number of carbonyl (C=O) groups is 4. The van der Waals surface area contributed by atoms with E-state index in [1.165, 1.54) is 48.5 Å². The van der Waals surface area contributed by atoms with Crippen molar-refractivity contribution in [1.29, 1.82) is 0 Å². The van der Waals surface area contributed by atoms with Crippen LogP contribution in [0.3, 0.4) is 0 Å². The Morgan fingerprint density at radius 2 is 1.05 bits per heavy atom. The molecule has 0 bridgehead atoms. The number of rotatable bonds is 7. The van der Waals surface area contributed by atoms with Gasteiger partial charge in [-0.15, -0.1) is 0 Å². The van der Waals surface area contributed by atoms with Crippen molar-refractivity contribution in [2.24, 2.45) is 0 Å². The largest absolute Gasteiger partial charge is 0.508 e. The maximum Gasteiger partial charge on any atom is 0.343 e. The van der Waals surface area contributed by atoms with Crippen LogP contribution in [0.4, 0.5) is 0 Å². The van der Waals surface area contributed by atoms with Gasteiger partial charge in [0.15, 0.2) is 23.1 Å². The summed E-state index contributed by atoms with van der Waals surface area (Å²) in [6, 6.07) is 20.0. The monoisotopic (exact) mass is 512 g/mol. The maximum absolute atomic E-state index is 13.7. The van der Waals surface area contributed by atoms with E-state index in [1.54, 1.807) is 36.4 Å². The van der Waals surface area contributed by atoms with Gasteiger partial charge in [-0.3, -0.25) is 9.59 Å². The second-order valence-corrected chi connectivity index (χ2v) is 7.97. The van der Waals surface area contributed by atoms with E-state index in [1.807, 2.05) is 0 Å². The fourth-order valence-electron chi connectivity index (χ4n) is 3.76. The lowest BCUT2D eigenvalue weighted by Crippen LogP contribution is -2.21. The highest BCUT2D eigenvalue weighted by molar-refractivity contribution is 6.24. The number of esters is 2. The van der Waals surface area contributed by atoms with E-state index in [0.29, 0.717) is 0 Å². The lowest BCUT2D eigenvalue weighted by Gasteiger charge is -2.19. The van der Waals surface area contributed by atoms with Crippen molar-refractivity contribution >= 4 is 23.5 Å². The molecule has 0 amide bonds. The van der Waals surface area contributed by atoms with Crippen LogP contribution in [0.1, 0.15) is 52.6 Å². The minimum Gasteiger partial charge on any atom is -0.508 e. The molecule has 0 aliphatic rings. The summed E-state index contributed by atoms with van der Waals surface area (Å²) < 4.78 is 10.2. The summed E-state index contributed by atoms with van der Waals surface area (Å²) in [4.78, 5) is 53.1. The Morgan fingerprint density at radius 1 is 0.553 bits per heavy atom. The third-order valence-electron chi connectivity index (χ3n) is 5.62. The van der Waals surface area contributed by atoms with Crippen molar-refractivity contribution in [3.63, 3.8) is 0 Å². The Hall–Kier alpha value is -5.44. The Kier molecular flexibility index (Phi) is 7.20. The van der Waals surface area contributed by atoms with Crippen LogP contribution < -0.4 is 4.74 Å². The van der Waals surface area contributed by atoms with Crippen LogP contribution in [0.2, 0.25) is 0 Å². The number of carbonyl (C=O) groups excluding carboxylic acids is 4. The molecule has 4 rings (SSSR count). The summed E-state index contributed by atoms with van der Waals surface area (Å²) in [5.74, 6) is -7.28. The van der Waals surface area contributed by atoms with E-state index in [0.717, 1.165) is 7.11 Å². The van der Waals surface area contributed by atoms with E-state index in [2.05, 4.69) is 0 Å². The predicted molar refractivity (Wildman–Crippen MR) is 134 cm³/mol. The molecule has 0 atom stereocenters. The fourth-order valence-corrected chi connectivity index (χ4v) is 3.76. The van der Waals surface area contributed by atoms with E-state index in [9.17, 15) is 34.5 Å². The van der Waals surface area contributed by atoms with Gasteiger partial charge in [-0.25, -0.2) is 9.59 Å². The number of hydrogen-bond acceptors (Lipinski definition) is 9. The molecule has 190 valence electrons. The van der Waals surface area contributed by atoms with Crippen LogP contribution in [0.5, 0.6) is 23.0 Å². The molecule has 38 heavy (non-hydrogen) atoms. The molecule has 0 radical (unpaired) electrons. The first kappa shape index (κ1) is 25.6. The van der Waals surface area contributed by atoms with Gasteiger partial charge in [0.1, 0.15) is 5.75 Å². The molecule has 0 saturated carbocycles. The smallest absolute Gasteiger partial charge is 0.343 e. The van der Waals surface area contributed by atoms with Crippen molar-refractivity contribution in [3.8, 4) is 23.0 Å². The molecule has 0 unspecified atom stereocenters. The summed E-state index contributed by atoms with van der Waals surface area (Å²) in [5, 5.41) is 31.5. The van der Waals surface area contributed by atoms with Crippen molar-refractivity contribution in [1.82, 2.24) is 0 Å². The average Bonchev–Trinajstić information content (AvgIpc) is 2.95. The molecular weight excluding hydrogens is 492 g/mol. The Balaban J connectivity index is 2.04. The minimum absolute atomic E-state index is 0.0319. The molecule has 0 heterocycles. The second-order valence-electron chi connectivity index (χ2n) is 7.97. The van der Waals surface area contributed by atoms with Crippen LogP contribution in [0.15, 0.2) is 84.9 Å². The number of methoxy groups -OCH3 is 1. The lowest BCUT2D eigenvalue weighted by atomic mass is 9.88. The minimum atomic E-state index is -1.21. The van der Waals surface area contributed by atoms with Crippen LogP contribution in [-0.4, -0.2) is 45.9 Å². The van der Waals surface area contributed by atoms with Gasteiger partial charge in [-0.2, -0.15) is 0 Å². The van der Waals surface area contributed by atoms with Crippen molar-refractivity contribution < 1.29 is 44.0 Å². The Morgan fingerprint density at radius 3 is 1.61 bits per heavy atom. The van der Waals surface area contributed by atoms with Crippen molar-refractivity contribution in [3.05, 3.63) is 118 Å². The number of phenols is 3. The summed E-state index contributed by atoms with van der Waals surface area (Å²) >= 11 is 0. The highest BCUT2D eigenvalue weighted by Crippen LogP contribution is 2.46. The van der Waals surface area contributed by atoms with Gasteiger partial charge in [0.2, 0.25) is 5.75 Å². The zero-order valence-corrected chi connectivity index (χ0v) is 19.9. The zero-order chi connectivity index (χ0) is 27.4. The highest BCUT2D eigenvalue weighted by atomic mass is 16.5. The third-order valence-corrected chi connectivity index (χ3v) is 5.62. The second kappa shape index (κ2) is 10.7. The summed E-state index contributed by atoms with van der Waals surface area (Å²) in [7, 11) is 0.994. The molecule has 0 aromatic heterocycles. The standard InChI is InChI=1S/C29H20O9/c1-37-29(36)20-21(23(31)16-8-4-2-5-9-16)25(33)26(34)27(38-28(35)18-10-6-3-7-11-18)22(20)24(32)17-12-14-19(30)15-13-17/h2-15,30,33-34H,1H3. The molecule has 0 aliphatic carbocycles. The van der Waals surface area contributed by atoms with E-state index in [-0.39, 0.29) is 22.4 Å². The molecule has 9 nitrogen and oxygen atoms in total. The fraction of sp³-hybridized carbons (Fsp3) is 0.0345. The van der Waals surface area contributed by atoms with E-state index in [4.69, 9.17) is 9.47 Å². The molecule has 3 N–H and O–H groups in total. The van der Waals surface area contributed by atoms with Crippen molar-refractivity contribution in [2.45, 2.75) is 0 Å². The number of aromatic hydroxyl groups is 3. The van der Waals surface area contributed by atoms with Crippen LogP contribution >= 0.6 is 0 Å². The van der Waals surface area contributed by atoms with Gasteiger partial charge >= 0.3 is 11.9 Å². The van der Waals surface area contributed by atoms with Gasteiger partial charge < -0.3 is 24.8 Å². The topological polar surface area (TPSA) is 147 Å². The number of ether oxygens (including phenoxy) is 2. The first-order chi connectivity index (χ1) is 18.2. The quantitative estimate of drug-likeness (QED) is 0.143. The van der Waals surface area contributed by atoms with Crippen LogP contribution in [-0.2, 0) is 4.74 Å².